The second-order valence-electron chi connectivity index (χ2n) is 5.52. The predicted molar refractivity (Wildman–Crippen MR) is 107 cm³/mol. The van der Waals surface area contributed by atoms with Gasteiger partial charge in [-0.3, -0.25) is 0 Å². The third-order valence-corrected chi connectivity index (χ3v) is 4.67. The Bertz CT molecular complexity index is 847. The minimum absolute atomic E-state index is 0.225. The molecule has 0 aliphatic heterocycles. The lowest BCUT2D eigenvalue weighted by molar-refractivity contribution is -0.134. The number of thioether (sulfide) groups is 1. The maximum Gasteiger partial charge on any atom is 0.328 e. The number of nitrogens with zero attached hydrogens (tertiary/aromatic N) is 2. The average Bonchev–Trinajstić information content (AvgIpc) is 2.67. The van der Waals surface area contributed by atoms with Crippen molar-refractivity contribution >= 4 is 23.7 Å². The number of nitriles is 1. The van der Waals surface area contributed by atoms with Crippen LogP contribution in [0, 0.1) is 18.3 Å². The van der Waals surface area contributed by atoms with Gasteiger partial charge in [0.1, 0.15) is 11.1 Å². The lowest BCUT2D eigenvalue weighted by Gasteiger charge is -2.16. The molecule has 2 rings (SSSR count). The van der Waals surface area contributed by atoms with Crippen molar-refractivity contribution in [2.45, 2.75) is 23.6 Å². The van der Waals surface area contributed by atoms with E-state index in [4.69, 9.17) is 15.9 Å². The van der Waals surface area contributed by atoms with Crippen LogP contribution in [0.5, 0.6) is 0 Å². The molecule has 0 spiro atoms. The Balaban J connectivity index is 0.000000416. The Hall–Kier alpha value is -3.15. The number of aliphatic carboxylic acids is 2. The molecule has 1 atom stereocenters. The van der Waals surface area contributed by atoms with Crippen molar-refractivity contribution in [3.05, 3.63) is 71.4 Å². The number of rotatable bonds is 7. The van der Waals surface area contributed by atoms with E-state index in [2.05, 4.69) is 23.2 Å². The van der Waals surface area contributed by atoms with Gasteiger partial charge in [0.25, 0.3) is 0 Å². The van der Waals surface area contributed by atoms with Gasteiger partial charge >= 0.3 is 11.9 Å². The molecule has 0 saturated heterocycles. The summed E-state index contributed by atoms with van der Waals surface area (Å²) in [4.78, 5) is 23.6. The molecule has 0 saturated carbocycles. The first-order chi connectivity index (χ1) is 13.4. The van der Waals surface area contributed by atoms with E-state index in [1.165, 1.54) is 5.56 Å². The highest BCUT2D eigenvalue weighted by molar-refractivity contribution is 7.99. The molecule has 146 valence electrons. The molecule has 1 heterocycles. The third kappa shape index (κ3) is 8.49. The van der Waals surface area contributed by atoms with Crippen molar-refractivity contribution in [1.82, 2.24) is 4.98 Å². The van der Waals surface area contributed by atoms with Gasteiger partial charge < -0.3 is 15.9 Å². The number of carbonyl (C=O) groups is 2. The van der Waals surface area contributed by atoms with Gasteiger partial charge in [0.05, 0.1) is 5.56 Å². The minimum Gasteiger partial charge on any atom is -0.478 e. The van der Waals surface area contributed by atoms with Gasteiger partial charge in [0.2, 0.25) is 0 Å². The summed E-state index contributed by atoms with van der Waals surface area (Å²) in [6.45, 7) is 2.55. The van der Waals surface area contributed by atoms with Crippen LogP contribution in [-0.2, 0) is 9.59 Å². The van der Waals surface area contributed by atoms with Gasteiger partial charge in [0.15, 0.2) is 0 Å². The lowest BCUT2D eigenvalue weighted by atomic mass is 10.1. The number of aromatic nitrogens is 1. The monoisotopic (exact) mass is 399 g/mol. The summed E-state index contributed by atoms with van der Waals surface area (Å²) >= 11 is 1.62. The van der Waals surface area contributed by atoms with Gasteiger partial charge in [-0.1, -0.05) is 42.1 Å². The Morgan fingerprint density at radius 2 is 1.79 bits per heavy atom. The molecule has 0 aliphatic rings. The van der Waals surface area contributed by atoms with Crippen LogP contribution in [0.1, 0.15) is 28.5 Å². The number of hydrogen-bond donors (Lipinski definition) is 3. The van der Waals surface area contributed by atoms with Gasteiger partial charge in [-0.25, -0.2) is 14.6 Å². The van der Waals surface area contributed by atoms with Crippen molar-refractivity contribution < 1.29 is 19.8 Å². The standard InChI is InChI=1S/C16H17N3S.C4H4O4/c1-12-7-8-14(11-18)16(19-12)20-15(9-10-17)13-5-3-2-4-6-13;5-3(6)1-2-4(7)8/h2-8,15H,9-10,17H2,1H3;1-2H,(H,5,6)(H,7,8)/b;2-1+/t15-;/m1./s1. The Kier molecular flexibility index (Phi) is 10.0. The fourth-order valence-corrected chi connectivity index (χ4v) is 3.35. The summed E-state index contributed by atoms with van der Waals surface area (Å²) in [5.74, 6) is -2.51. The van der Waals surface area contributed by atoms with Crippen molar-refractivity contribution in [3.63, 3.8) is 0 Å². The van der Waals surface area contributed by atoms with E-state index in [-0.39, 0.29) is 5.25 Å². The largest absolute Gasteiger partial charge is 0.478 e. The fraction of sp³-hybridized carbons (Fsp3) is 0.200. The molecule has 4 N–H and O–H groups in total. The maximum absolute atomic E-state index is 9.55. The van der Waals surface area contributed by atoms with Gasteiger partial charge in [-0.15, -0.1) is 0 Å². The normalized spacial score (nSPS) is 11.2. The van der Waals surface area contributed by atoms with E-state index in [1.54, 1.807) is 11.8 Å². The molecule has 8 heteroatoms. The van der Waals surface area contributed by atoms with Crippen molar-refractivity contribution in [2.75, 3.05) is 6.54 Å². The van der Waals surface area contributed by atoms with Crippen LogP contribution < -0.4 is 5.73 Å². The number of carboxylic acid groups (broad SMARTS) is 2. The Morgan fingerprint density at radius 3 is 2.29 bits per heavy atom. The van der Waals surface area contributed by atoms with Crippen molar-refractivity contribution in [1.29, 1.82) is 5.26 Å². The molecular weight excluding hydrogens is 378 g/mol. The first-order valence-electron chi connectivity index (χ1n) is 8.30. The molecule has 1 aromatic heterocycles. The number of pyridine rings is 1. The van der Waals surface area contributed by atoms with Crippen LogP contribution in [0.15, 0.2) is 59.6 Å². The Labute approximate surface area is 167 Å². The molecule has 0 amide bonds. The number of carboxylic acids is 2. The number of nitrogens with two attached hydrogens (primary N) is 1. The van der Waals surface area contributed by atoms with Crippen LogP contribution in [0.25, 0.3) is 0 Å². The van der Waals surface area contributed by atoms with Crippen LogP contribution in [0.3, 0.4) is 0 Å². The molecular formula is C20H21N3O4S. The zero-order chi connectivity index (χ0) is 20.9. The van der Waals surface area contributed by atoms with Crippen LogP contribution >= 0.6 is 11.8 Å². The zero-order valence-electron chi connectivity index (χ0n) is 15.3. The highest BCUT2D eigenvalue weighted by Gasteiger charge is 2.15. The predicted octanol–water partition coefficient (Wildman–Crippen LogP) is 3.16. The van der Waals surface area contributed by atoms with E-state index < -0.39 is 11.9 Å². The first-order valence-corrected chi connectivity index (χ1v) is 9.18. The second-order valence-corrected chi connectivity index (χ2v) is 6.71. The van der Waals surface area contributed by atoms with Crippen LogP contribution in [-0.4, -0.2) is 33.7 Å². The van der Waals surface area contributed by atoms with E-state index in [9.17, 15) is 14.9 Å². The molecule has 0 fully saturated rings. The quantitative estimate of drug-likeness (QED) is 0.477. The molecule has 0 unspecified atom stereocenters. The van der Waals surface area contributed by atoms with Gasteiger partial charge in [0, 0.05) is 23.1 Å². The minimum atomic E-state index is -1.26. The highest BCUT2D eigenvalue weighted by Crippen LogP contribution is 2.37. The average molecular weight is 399 g/mol. The molecule has 28 heavy (non-hydrogen) atoms. The smallest absolute Gasteiger partial charge is 0.328 e. The van der Waals surface area contributed by atoms with E-state index in [1.807, 2.05) is 37.3 Å². The van der Waals surface area contributed by atoms with Gasteiger partial charge in [-0.2, -0.15) is 5.26 Å². The molecule has 0 radical (unpaired) electrons. The van der Waals surface area contributed by atoms with Crippen molar-refractivity contribution in [3.8, 4) is 6.07 Å². The van der Waals surface area contributed by atoms with Crippen LogP contribution in [0.2, 0.25) is 0 Å². The highest BCUT2D eigenvalue weighted by atomic mass is 32.2. The molecule has 1 aromatic carbocycles. The number of aryl methyl sites for hydroxylation is 1. The number of hydrogen-bond acceptors (Lipinski definition) is 6. The molecule has 0 aliphatic carbocycles. The summed E-state index contributed by atoms with van der Waals surface area (Å²) in [5.41, 5.74) is 8.49. The topological polar surface area (TPSA) is 137 Å². The summed E-state index contributed by atoms with van der Waals surface area (Å²) in [5, 5.41) is 25.8. The third-order valence-electron chi connectivity index (χ3n) is 3.34. The second kappa shape index (κ2) is 12.3. The van der Waals surface area contributed by atoms with E-state index >= 15 is 0 Å². The number of benzene rings is 1. The summed E-state index contributed by atoms with van der Waals surface area (Å²) in [7, 11) is 0. The van der Waals surface area contributed by atoms with Gasteiger partial charge in [-0.05, 0) is 37.6 Å². The summed E-state index contributed by atoms with van der Waals surface area (Å²) in [6, 6.07) is 16.1. The SMILES string of the molecule is Cc1ccc(C#N)c(S[C@H](CCN)c2ccccc2)n1.O=C(O)/C=C/C(=O)O. The Morgan fingerprint density at radius 1 is 1.18 bits per heavy atom. The van der Waals surface area contributed by atoms with Crippen molar-refractivity contribution in [2.24, 2.45) is 5.73 Å². The summed E-state index contributed by atoms with van der Waals surface area (Å²) < 4.78 is 0. The van der Waals surface area contributed by atoms with E-state index in [0.29, 0.717) is 24.3 Å². The van der Waals surface area contributed by atoms with E-state index in [0.717, 1.165) is 17.1 Å². The molecule has 7 nitrogen and oxygen atoms in total. The fourth-order valence-electron chi connectivity index (χ4n) is 2.10. The van der Waals surface area contributed by atoms with Crippen LogP contribution in [0.4, 0.5) is 0 Å². The molecule has 0 bridgehead atoms. The maximum atomic E-state index is 9.55. The summed E-state index contributed by atoms with van der Waals surface area (Å²) in [6.07, 6.45) is 1.97. The first kappa shape index (κ1) is 22.9. The lowest BCUT2D eigenvalue weighted by Crippen LogP contribution is -2.05. The zero-order valence-corrected chi connectivity index (χ0v) is 16.1. The molecule has 2 aromatic rings.